The minimum Gasteiger partial charge on any atom is -0.462 e. The molecule has 0 radical (unpaired) electrons. The Hall–Kier alpha value is -2.41. The lowest BCUT2D eigenvalue weighted by Crippen LogP contribution is -2.40. The zero-order chi connectivity index (χ0) is 18.5. The van der Waals surface area contributed by atoms with Gasteiger partial charge in [-0.05, 0) is 43.0 Å². The van der Waals surface area contributed by atoms with Crippen molar-refractivity contribution in [2.24, 2.45) is 23.7 Å². The van der Waals surface area contributed by atoms with Crippen LogP contribution in [-0.4, -0.2) is 55.1 Å². The maximum absolute atomic E-state index is 12.8. The maximum atomic E-state index is 12.8. The van der Waals surface area contributed by atoms with E-state index in [1.54, 1.807) is 29.2 Å². The predicted molar refractivity (Wildman–Crippen MR) is 94.9 cm³/mol. The van der Waals surface area contributed by atoms with Crippen molar-refractivity contribution < 1.29 is 23.9 Å². The predicted octanol–water partition coefficient (Wildman–Crippen LogP) is 1.30. The molecule has 2 aliphatic heterocycles. The number of carbonyl (C=O) groups is 3. The average Bonchev–Trinajstić information content (AvgIpc) is 3.31. The van der Waals surface area contributed by atoms with Gasteiger partial charge in [0.2, 0.25) is 5.91 Å². The van der Waals surface area contributed by atoms with E-state index in [0.717, 1.165) is 12.8 Å². The van der Waals surface area contributed by atoms with Crippen LogP contribution in [0.2, 0.25) is 0 Å². The van der Waals surface area contributed by atoms with E-state index in [4.69, 9.17) is 9.47 Å². The molecule has 0 unspecified atom stereocenters. The molecule has 142 valence electrons. The first-order valence-electron chi connectivity index (χ1n) is 9.60. The highest BCUT2D eigenvalue weighted by Crippen LogP contribution is 2.57. The standard InChI is InChI=1S/C20H22N2O5/c23-18(16-12-9-14-15(10-12)27-20(25)17(14)16)21-13-3-1-11(2-4-13)19(24)22-5-7-26-8-6-22/h1-4,12,14-17H,5-10H2,(H,21,23)/t12-,14-,15-,16-,17-/m0/s1. The van der Waals surface area contributed by atoms with E-state index in [9.17, 15) is 14.4 Å². The Bertz CT molecular complexity index is 784. The summed E-state index contributed by atoms with van der Waals surface area (Å²) in [6.45, 7) is 2.32. The highest BCUT2D eigenvalue weighted by molar-refractivity contribution is 5.98. The Labute approximate surface area is 157 Å². The van der Waals surface area contributed by atoms with Gasteiger partial charge in [0.25, 0.3) is 5.91 Å². The number of rotatable bonds is 3. The van der Waals surface area contributed by atoms with Crippen LogP contribution in [-0.2, 0) is 19.1 Å². The number of carbonyl (C=O) groups excluding carboxylic acids is 3. The lowest BCUT2D eigenvalue weighted by molar-refractivity contribution is -0.145. The highest BCUT2D eigenvalue weighted by atomic mass is 16.6. The fourth-order valence-electron chi connectivity index (χ4n) is 5.23. The molecule has 5 rings (SSSR count). The second-order valence-corrected chi connectivity index (χ2v) is 7.89. The first-order chi connectivity index (χ1) is 13.1. The third kappa shape index (κ3) is 2.72. The SMILES string of the molecule is O=C(Nc1ccc(C(=O)N2CCOCC2)cc1)[C@H]1[C@H]2C[C@@H]3[C@@H]1C(=O)O[C@H]3C2. The molecule has 5 atom stereocenters. The molecule has 2 aliphatic carbocycles. The molecule has 4 aliphatic rings. The van der Waals surface area contributed by atoms with Crippen molar-refractivity contribution in [2.45, 2.75) is 18.9 Å². The van der Waals surface area contributed by atoms with E-state index in [-0.39, 0.29) is 47.6 Å². The Morgan fingerprint density at radius 1 is 1.07 bits per heavy atom. The lowest BCUT2D eigenvalue weighted by atomic mass is 9.79. The van der Waals surface area contributed by atoms with Crippen molar-refractivity contribution in [3.05, 3.63) is 29.8 Å². The van der Waals surface area contributed by atoms with Gasteiger partial charge in [-0.2, -0.15) is 0 Å². The van der Waals surface area contributed by atoms with Gasteiger partial charge in [0.15, 0.2) is 0 Å². The molecule has 4 fully saturated rings. The molecule has 2 heterocycles. The van der Waals surface area contributed by atoms with Crippen LogP contribution >= 0.6 is 0 Å². The fraction of sp³-hybridized carbons (Fsp3) is 0.550. The van der Waals surface area contributed by atoms with E-state index in [1.165, 1.54) is 0 Å². The molecular weight excluding hydrogens is 348 g/mol. The van der Waals surface area contributed by atoms with E-state index >= 15 is 0 Å². The summed E-state index contributed by atoms with van der Waals surface area (Å²) in [5.74, 6) is -0.477. The summed E-state index contributed by atoms with van der Waals surface area (Å²) < 4.78 is 10.7. The van der Waals surface area contributed by atoms with Crippen molar-refractivity contribution in [3.63, 3.8) is 0 Å². The first-order valence-corrected chi connectivity index (χ1v) is 9.60. The zero-order valence-electron chi connectivity index (χ0n) is 14.9. The Kier molecular flexibility index (Phi) is 3.93. The van der Waals surface area contributed by atoms with Crippen molar-refractivity contribution in [3.8, 4) is 0 Å². The lowest BCUT2D eigenvalue weighted by Gasteiger charge is -2.27. The Balaban J connectivity index is 1.25. The van der Waals surface area contributed by atoms with E-state index in [2.05, 4.69) is 5.32 Å². The molecular formula is C20H22N2O5. The first kappa shape index (κ1) is 16.7. The van der Waals surface area contributed by atoms with Crippen LogP contribution < -0.4 is 5.32 Å². The topological polar surface area (TPSA) is 84.9 Å². The van der Waals surface area contributed by atoms with Crippen LogP contribution in [0.4, 0.5) is 5.69 Å². The molecule has 2 bridgehead atoms. The van der Waals surface area contributed by atoms with Crippen molar-refractivity contribution >= 4 is 23.5 Å². The number of amides is 2. The zero-order valence-corrected chi connectivity index (χ0v) is 14.9. The molecule has 1 aromatic rings. The fourth-order valence-corrected chi connectivity index (χ4v) is 5.23. The minimum absolute atomic E-state index is 0.0241. The Morgan fingerprint density at radius 3 is 2.56 bits per heavy atom. The molecule has 27 heavy (non-hydrogen) atoms. The van der Waals surface area contributed by atoms with Gasteiger partial charge in [0.05, 0.1) is 25.0 Å². The molecule has 7 heteroatoms. The molecule has 2 saturated heterocycles. The third-order valence-electron chi connectivity index (χ3n) is 6.48. The number of benzene rings is 1. The molecule has 1 aromatic carbocycles. The van der Waals surface area contributed by atoms with Gasteiger partial charge in [-0.1, -0.05) is 0 Å². The van der Waals surface area contributed by atoms with Crippen molar-refractivity contribution in [1.29, 1.82) is 0 Å². The molecule has 0 aromatic heterocycles. The summed E-state index contributed by atoms with van der Waals surface area (Å²) in [7, 11) is 0. The van der Waals surface area contributed by atoms with Gasteiger partial charge in [-0.25, -0.2) is 0 Å². The second-order valence-electron chi connectivity index (χ2n) is 7.89. The number of ether oxygens (including phenoxy) is 2. The van der Waals surface area contributed by atoms with Crippen LogP contribution in [0.3, 0.4) is 0 Å². The maximum Gasteiger partial charge on any atom is 0.310 e. The van der Waals surface area contributed by atoms with Crippen LogP contribution in [0.5, 0.6) is 0 Å². The molecule has 2 amide bonds. The normalized spacial score (nSPS) is 33.9. The van der Waals surface area contributed by atoms with Crippen LogP contribution in [0.15, 0.2) is 24.3 Å². The van der Waals surface area contributed by atoms with Crippen LogP contribution in [0.1, 0.15) is 23.2 Å². The van der Waals surface area contributed by atoms with E-state index in [1.807, 2.05) is 0 Å². The van der Waals surface area contributed by atoms with Gasteiger partial charge in [-0.3, -0.25) is 14.4 Å². The van der Waals surface area contributed by atoms with E-state index in [0.29, 0.717) is 37.6 Å². The molecule has 0 spiro atoms. The number of hydrogen-bond donors (Lipinski definition) is 1. The number of hydrogen-bond acceptors (Lipinski definition) is 5. The number of nitrogens with one attached hydrogen (secondary N) is 1. The second kappa shape index (κ2) is 6.34. The van der Waals surface area contributed by atoms with E-state index < -0.39 is 0 Å². The molecule has 1 N–H and O–H groups in total. The van der Waals surface area contributed by atoms with Gasteiger partial charge >= 0.3 is 5.97 Å². The van der Waals surface area contributed by atoms with Crippen molar-refractivity contribution in [1.82, 2.24) is 4.90 Å². The summed E-state index contributed by atoms with van der Waals surface area (Å²) in [6.07, 6.45) is 1.74. The van der Waals surface area contributed by atoms with Gasteiger partial charge in [-0.15, -0.1) is 0 Å². The van der Waals surface area contributed by atoms with Gasteiger partial charge < -0.3 is 19.7 Å². The summed E-state index contributed by atoms with van der Waals surface area (Å²) in [4.78, 5) is 39.1. The third-order valence-corrected chi connectivity index (χ3v) is 6.48. The monoisotopic (exact) mass is 370 g/mol. The number of anilines is 1. The van der Waals surface area contributed by atoms with Gasteiger partial charge in [0, 0.05) is 30.3 Å². The average molecular weight is 370 g/mol. The summed E-state index contributed by atoms with van der Waals surface area (Å²) in [5.41, 5.74) is 1.24. The highest BCUT2D eigenvalue weighted by Gasteiger charge is 2.63. The number of fused-ring (bicyclic) bond motifs is 1. The summed E-state index contributed by atoms with van der Waals surface area (Å²) >= 11 is 0. The number of nitrogens with zero attached hydrogens (tertiary/aromatic N) is 1. The number of morpholine rings is 1. The van der Waals surface area contributed by atoms with Crippen molar-refractivity contribution in [2.75, 3.05) is 31.6 Å². The smallest absolute Gasteiger partial charge is 0.310 e. The minimum atomic E-state index is -0.295. The molecule has 2 saturated carbocycles. The summed E-state index contributed by atoms with van der Waals surface area (Å²) in [6, 6.07) is 6.95. The van der Waals surface area contributed by atoms with Crippen LogP contribution in [0.25, 0.3) is 0 Å². The number of esters is 1. The quantitative estimate of drug-likeness (QED) is 0.811. The largest absolute Gasteiger partial charge is 0.462 e. The Morgan fingerprint density at radius 2 is 1.81 bits per heavy atom. The molecule has 7 nitrogen and oxygen atoms in total. The van der Waals surface area contributed by atoms with Crippen LogP contribution in [0, 0.1) is 23.7 Å². The summed E-state index contributed by atoms with van der Waals surface area (Å²) in [5, 5.41) is 2.93. The van der Waals surface area contributed by atoms with Gasteiger partial charge in [0.1, 0.15) is 6.10 Å².